The van der Waals surface area contributed by atoms with Crippen LogP contribution in [0.5, 0.6) is 0 Å². The van der Waals surface area contributed by atoms with Crippen LogP contribution in [0, 0.1) is 0 Å². The minimum absolute atomic E-state index is 0.110. The molecule has 0 fully saturated rings. The zero-order chi connectivity index (χ0) is 15.7. The highest BCUT2D eigenvalue weighted by Crippen LogP contribution is 2.46. The van der Waals surface area contributed by atoms with Gasteiger partial charge in [-0.15, -0.1) is 0 Å². The largest absolute Gasteiger partial charge is 0.347 e. The van der Waals surface area contributed by atoms with Gasteiger partial charge in [-0.05, 0) is 11.6 Å². The van der Waals surface area contributed by atoms with E-state index in [-0.39, 0.29) is 11.2 Å². The zero-order valence-corrected chi connectivity index (χ0v) is 13.3. The van der Waals surface area contributed by atoms with Gasteiger partial charge in [0.25, 0.3) is 0 Å². The second-order valence-electron chi connectivity index (χ2n) is 6.24. The fraction of sp³-hybridized carbons (Fsp3) is 0.263. The Labute approximate surface area is 131 Å². The van der Waals surface area contributed by atoms with E-state index in [0.717, 1.165) is 5.70 Å². The van der Waals surface area contributed by atoms with Crippen molar-refractivity contribution in [3.05, 3.63) is 72.2 Å². The quantitative estimate of drug-likeness (QED) is 0.642. The predicted molar refractivity (Wildman–Crippen MR) is 87.6 cm³/mol. The van der Waals surface area contributed by atoms with Gasteiger partial charge in [-0.1, -0.05) is 38.1 Å². The molecule has 2 heterocycles. The maximum atomic E-state index is 12.4. The highest BCUT2D eigenvalue weighted by atomic mass is 16.1. The first-order valence-corrected chi connectivity index (χ1v) is 7.52. The molecule has 112 valence electrons. The number of pyridine rings is 1. The van der Waals surface area contributed by atoms with Gasteiger partial charge >= 0.3 is 0 Å². The molecule has 0 radical (unpaired) electrons. The predicted octanol–water partition coefficient (Wildman–Crippen LogP) is 2.85. The molecule has 0 atom stereocenters. The van der Waals surface area contributed by atoms with Crippen LogP contribution in [0.4, 0.5) is 5.69 Å². The number of anilines is 1. The van der Waals surface area contributed by atoms with E-state index in [1.54, 1.807) is 6.08 Å². The monoisotopic (exact) mass is 293 g/mol. The molecule has 0 spiro atoms. The molecule has 3 nitrogen and oxygen atoms in total. The molecule has 0 N–H and O–H groups in total. The average molecular weight is 293 g/mol. The van der Waals surface area contributed by atoms with Crippen LogP contribution >= 0.6 is 0 Å². The Balaban J connectivity index is 1.90. The van der Waals surface area contributed by atoms with E-state index in [9.17, 15) is 4.79 Å². The van der Waals surface area contributed by atoms with Crippen molar-refractivity contribution in [3.8, 4) is 0 Å². The average Bonchev–Trinajstić information content (AvgIpc) is 2.70. The third-order valence-corrected chi connectivity index (χ3v) is 4.35. The molecule has 3 heteroatoms. The number of hydrogen-bond acceptors (Lipinski definition) is 2. The summed E-state index contributed by atoms with van der Waals surface area (Å²) in [6, 6.07) is 14.2. The van der Waals surface area contributed by atoms with Crippen LogP contribution in [0.25, 0.3) is 0 Å². The summed E-state index contributed by atoms with van der Waals surface area (Å²) in [6.07, 6.45) is 5.61. The van der Waals surface area contributed by atoms with E-state index in [1.165, 1.54) is 11.3 Å². The normalized spacial score (nSPS) is 17.6. The number of carbonyl (C=O) groups excluding carboxylic acids is 1. The SMILES string of the molecule is CN1/C(=C\C(=O)C[n+]2ccccc2)C(C)(C)c2ccccc21. The molecule has 1 aliphatic rings. The molecule has 0 bridgehead atoms. The molecule has 22 heavy (non-hydrogen) atoms. The topological polar surface area (TPSA) is 24.2 Å². The van der Waals surface area contributed by atoms with Gasteiger partial charge in [-0.25, -0.2) is 0 Å². The van der Waals surface area contributed by atoms with E-state index < -0.39 is 0 Å². The van der Waals surface area contributed by atoms with Crippen LogP contribution in [0.15, 0.2) is 66.6 Å². The summed E-state index contributed by atoms with van der Waals surface area (Å²) in [6.45, 7) is 4.71. The third kappa shape index (κ3) is 2.43. The summed E-state index contributed by atoms with van der Waals surface area (Å²) in [7, 11) is 2.03. The van der Waals surface area contributed by atoms with Gasteiger partial charge in [0, 0.05) is 42.1 Å². The Morgan fingerprint density at radius 3 is 2.50 bits per heavy atom. The summed E-state index contributed by atoms with van der Waals surface area (Å²) in [5.41, 5.74) is 3.35. The van der Waals surface area contributed by atoms with E-state index in [2.05, 4.69) is 36.9 Å². The Morgan fingerprint density at radius 2 is 1.82 bits per heavy atom. The number of allylic oxidation sites excluding steroid dienone is 2. The molecule has 0 unspecified atom stereocenters. The molecule has 0 amide bonds. The molecule has 1 aromatic heterocycles. The van der Waals surface area contributed by atoms with Crippen molar-refractivity contribution >= 4 is 11.5 Å². The number of rotatable bonds is 3. The fourth-order valence-corrected chi connectivity index (χ4v) is 3.18. The van der Waals surface area contributed by atoms with Crippen molar-refractivity contribution in [2.24, 2.45) is 0 Å². The first-order chi connectivity index (χ1) is 10.5. The molecule has 0 saturated heterocycles. The summed E-state index contributed by atoms with van der Waals surface area (Å²) < 4.78 is 1.90. The number of likely N-dealkylation sites (N-methyl/N-ethyl adjacent to an activating group) is 1. The second-order valence-corrected chi connectivity index (χ2v) is 6.24. The van der Waals surface area contributed by atoms with Crippen molar-refractivity contribution < 1.29 is 9.36 Å². The van der Waals surface area contributed by atoms with Gasteiger partial charge in [0.15, 0.2) is 12.4 Å². The van der Waals surface area contributed by atoms with Gasteiger partial charge < -0.3 is 4.90 Å². The minimum atomic E-state index is -0.150. The zero-order valence-electron chi connectivity index (χ0n) is 13.3. The van der Waals surface area contributed by atoms with Crippen molar-refractivity contribution in [2.45, 2.75) is 25.8 Å². The van der Waals surface area contributed by atoms with Crippen molar-refractivity contribution in [3.63, 3.8) is 0 Å². The lowest BCUT2D eigenvalue weighted by Gasteiger charge is -2.23. The van der Waals surface area contributed by atoms with Crippen molar-refractivity contribution in [2.75, 3.05) is 11.9 Å². The highest BCUT2D eigenvalue weighted by Gasteiger charge is 2.38. The van der Waals surface area contributed by atoms with Crippen LogP contribution in [0.2, 0.25) is 0 Å². The van der Waals surface area contributed by atoms with Crippen LogP contribution < -0.4 is 9.47 Å². The number of ketones is 1. The number of carbonyl (C=O) groups is 1. The molecule has 1 aliphatic heterocycles. The smallest absolute Gasteiger partial charge is 0.222 e. The maximum absolute atomic E-state index is 12.4. The highest BCUT2D eigenvalue weighted by molar-refractivity contribution is 5.91. The first-order valence-electron chi connectivity index (χ1n) is 7.52. The van der Waals surface area contributed by atoms with Gasteiger partial charge in [0.2, 0.25) is 12.3 Å². The van der Waals surface area contributed by atoms with E-state index in [4.69, 9.17) is 0 Å². The van der Waals surface area contributed by atoms with Crippen molar-refractivity contribution in [1.82, 2.24) is 0 Å². The lowest BCUT2D eigenvalue weighted by Crippen LogP contribution is -2.37. The number of para-hydroxylation sites is 1. The molecule has 3 rings (SSSR count). The Kier molecular flexibility index (Phi) is 3.57. The maximum Gasteiger partial charge on any atom is 0.222 e. The van der Waals surface area contributed by atoms with Crippen LogP contribution in [-0.2, 0) is 16.8 Å². The Bertz CT molecular complexity index is 732. The van der Waals surface area contributed by atoms with Gasteiger partial charge in [0.1, 0.15) is 0 Å². The molecule has 0 saturated carbocycles. The van der Waals surface area contributed by atoms with Gasteiger partial charge in [-0.2, -0.15) is 4.57 Å². The minimum Gasteiger partial charge on any atom is -0.347 e. The molecular weight excluding hydrogens is 272 g/mol. The molecule has 2 aromatic rings. The Hall–Kier alpha value is -2.42. The molecule has 0 aliphatic carbocycles. The number of benzene rings is 1. The summed E-state index contributed by atoms with van der Waals surface area (Å²) in [5, 5.41) is 0. The Morgan fingerprint density at radius 1 is 1.14 bits per heavy atom. The first kappa shape index (κ1) is 14.5. The van der Waals surface area contributed by atoms with E-state index >= 15 is 0 Å². The lowest BCUT2D eigenvalue weighted by atomic mass is 9.83. The summed E-state index contributed by atoms with van der Waals surface area (Å²) in [5.74, 6) is 0.110. The fourth-order valence-electron chi connectivity index (χ4n) is 3.18. The summed E-state index contributed by atoms with van der Waals surface area (Å²) >= 11 is 0. The van der Waals surface area contributed by atoms with Gasteiger partial charge in [0.05, 0.1) is 0 Å². The van der Waals surface area contributed by atoms with Crippen LogP contribution in [-0.4, -0.2) is 12.8 Å². The molecular formula is C19H21N2O+. The van der Waals surface area contributed by atoms with Crippen LogP contribution in [0.3, 0.4) is 0 Å². The van der Waals surface area contributed by atoms with Gasteiger partial charge in [-0.3, -0.25) is 4.79 Å². The van der Waals surface area contributed by atoms with Crippen molar-refractivity contribution in [1.29, 1.82) is 0 Å². The molecule has 1 aromatic carbocycles. The summed E-state index contributed by atoms with van der Waals surface area (Å²) in [4.78, 5) is 14.6. The number of fused-ring (bicyclic) bond motifs is 1. The number of aromatic nitrogens is 1. The van der Waals surface area contributed by atoms with E-state index in [1.807, 2.05) is 48.3 Å². The second kappa shape index (κ2) is 5.41. The third-order valence-electron chi connectivity index (χ3n) is 4.35. The van der Waals surface area contributed by atoms with Crippen LogP contribution in [0.1, 0.15) is 19.4 Å². The number of hydrogen-bond donors (Lipinski definition) is 0. The number of nitrogens with zero attached hydrogens (tertiary/aromatic N) is 2. The van der Waals surface area contributed by atoms with E-state index in [0.29, 0.717) is 6.54 Å². The lowest BCUT2D eigenvalue weighted by molar-refractivity contribution is -0.683. The standard InChI is InChI=1S/C19H21N2O/c1-19(2)16-9-5-6-10-17(16)20(3)18(19)13-15(22)14-21-11-7-4-8-12-21/h4-13H,14H2,1-3H3/q+1/b18-13-.